The number of hydrogen-bond acceptors (Lipinski definition) is 6. The minimum atomic E-state index is -1.05. The number of rotatable bonds is 4. The van der Waals surface area contributed by atoms with Crippen LogP contribution in [0, 0.1) is 0 Å². The van der Waals surface area contributed by atoms with Crippen molar-refractivity contribution in [2.45, 2.75) is 18.4 Å². The summed E-state index contributed by atoms with van der Waals surface area (Å²) in [5.41, 5.74) is 7.75. The van der Waals surface area contributed by atoms with E-state index >= 15 is 0 Å². The van der Waals surface area contributed by atoms with Crippen molar-refractivity contribution in [2.24, 2.45) is 10.9 Å². The third-order valence-electron chi connectivity index (χ3n) is 4.56. The van der Waals surface area contributed by atoms with Crippen molar-refractivity contribution in [3.8, 4) is 0 Å². The fourth-order valence-electron chi connectivity index (χ4n) is 3.23. The number of aromatic nitrogens is 1. The molecule has 7 nitrogen and oxygen atoms in total. The summed E-state index contributed by atoms with van der Waals surface area (Å²) in [5, 5.41) is 22.6. The molecule has 2 aromatic rings. The molecule has 0 spiro atoms. The summed E-state index contributed by atoms with van der Waals surface area (Å²) in [6, 6.07) is 8.96. The Morgan fingerprint density at radius 1 is 1.44 bits per heavy atom. The Kier molecular flexibility index (Phi) is 4.41. The lowest BCUT2D eigenvalue weighted by Crippen LogP contribution is -2.60. The molecule has 0 amide bonds. The Morgan fingerprint density at radius 3 is 2.88 bits per heavy atom. The normalized spacial score (nSPS) is 22.3. The summed E-state index contributed by atoms with van der Waals surface area (Å²) >= 11 is 0. The summed E-state index contributed by atoms with van der Waals surface area (Å²) in [6.45, 7) is 4.86. The molecule has 0 aliphatic carbocycles. The second kappa shape index (κ2) is 6.52. The number of hydrogen-bond donors (Lipinski definition) is 3. The molecule has 1 aromatic carbocycles. The number of benzene rings is 1. The van der Waals surface area contributed by atoms with Gasteiger partial charge in [-0.15, -0.1) is 6.58 Å². The standard InChI is InChI=1S/C18H20N4O3/c1-2-8-18(19)11-22(9-7-16(18)21-25)13-5-3-12-4-6-14(17(23)24)20-15(12)10-13/h2-6,10,25H,1,7-9,11,19H2,(H,23,24). The van der Waals surface area contributed by atoms with Crippen molar-refractivity contribution in [1.29, 1.82) is 0 Å². The molecule has 1 aliphatic rings. The van der Waals surface area contributed by atoms with E-state index < -0.39 is 11.5 Å². The highest BCUT2D eigenvalue weighted by Crippen LogP contribution is 2.28. The molecule has 3 rings (SSSR count). The van der Waals surface area contributed by atoms with Crippen LogP contribution in [0.2, 0.25) is 0 Å². The van der Waals surface area contributed by atoms with E-state index in [2.05, 4.69) is 21.6 Å². The number of oxime groups is 1. The molecule has 0 bridgehead atoms. The summed E-state index contributed by atoms with van der Waals surface area (Å²) in [7, 11) is 0. The number of aromatic carboxylic acids is 1. The van der Waals surface area contributed by atoms with Gasteiger partial charge in [0.1, 0.15) is 5.69 Å². The molecule has 1 unspecified atom stereocenters. The van der Waals surface area contributed by atoms with Crippen molar-refractivity contribution < 1.29 is 15.1 Å². The van der Waals surface area contributed by atoms with Gasteiger partial charge in [-0.3, -0.25) is 0 Å². The number of carboxylic acid groups (broad SMARTS) is 1. The first-order chi connectivity index (χ1) is 12.0. The maximum atomic E-state index is 11.1. The number of carbonyl (C=O) groups is 1. The maximum absolute atomic E-state index is 11.1. The van der Waals surface area contributed by atoms with Gasteiger partial charge in [0.25, 0.3) is 0 Å². The first-order valence-electron chi connectivity index (χ1n) is 7.97. The smallest absolute Gasteiger partial charge is 0.354 e. The minimum Gasteiger partial charge on any atom is -0.477 e. The molecule has 0 radical (unpaired) electrons. The zero-order valence-electron chi connectivity index (χ0n) is 13.7. The van der Waals surface area contributed by atoms with Crippen LogP contribution in [0.25, 0.3) is 10.9 Å². The molecule has 1 saturated heterocycles. The molecule has 0 saturated carbocycles. The molecular formula is C18H20N4O3. The van der Waals surface area contributed by atoms with Crippen molar-refractivity contribution >= 4 is 28.3 Å². The van der Waals surface area contributed by atoms with Gasteiger partial charge >= 0.3 is 5.97 Å². The molecule has 1 aromatic heterocycles. The first kappa shape index (κ1) is 16.9. The van der Waals surface area contributed by atoms with Crippen LogP contribution < -0.4 is 10.6 Å². The second-order valence-corrected chi connectivity index (χ2v) is 6.25. The van der Waals surface area contributed by atoms with Gasteiger partial charge in [-0.1, -0.05) is 23.4 Å². The molecule has 7 heteroatoms. The monoisotopic (exact) mass is 340 g/mol. The van der Waals surface area contributed by atoms with E-state index in [1.807, 2.05) is 18.2 Å². The van der Waals surface area contributed by atoms with Crippen molar-refractivity contribution in [1.82, 2.24) is 4.98 Å². The average molecular weight is 340 g/mol. The Hall–Kier alpha value is -2.93. The van der Waals surface area contributed by atoms with Gasteiger partial charge in [-0.25, -0.2) is 9.78 Å². The van der Waals surface area contributed by atoms with E-state index in [1.165, 1.54) is 6.07 Å². The van der Waals surface area contributed by atoms with E-state index in [0.29, 0.717) is 37.2 Å². The van der Waals surface area contributed by atoms with Crippen molar-refractivity contribution in [3.63, 3.8) is 0 Å². The van der Waals surface area contributed by atoms with Gasteiger partial charge < -0.3 is 20.9 Å². The van der Waals surface area contributed by atoms with Gasteiger partial charge in [0.2, 0.25) is 0 Å². The number of anilines is 1. The highest BCUT2D eigenvalue weighted by Gasteiger charge is 2.37. The number of nitrogens with zero attached hydrogens (tertiary/aromatic N) is 3. The highest BCUT2D eigenvalue weighted by atomic mass is 16.4. The van der Waals surface area contributed by atoms with Crippen LogP contribution >= 0.6 is 0 Å². The average Bonchev–Trinajstić information content (AvgIpc) is 2.60. The molecule has 1 atom stereocenters. The number of fused-ring (bicyclic) bond motifs is 1. The minimum absolute atomic E-state index is 0.0119. The van der Waals surface area contributed by atoms with Gasteiger partial charge in [-0.05, 0) is 24.6 Å². The fraction of sp³-hybridized carbons (Fsp3) is 0.278. The third kappa shape index (κ3) is 3.18. The Bertz CT molecular complexity index is 865. The lowest BCUT2D eigenvalue weighted by atomic mass is 9.84. The van der Waals surface area contributed by atoms with Gasteiger partial charge in [0.15, 0.2) is 0 Å². The summed E-state index contributed by atoms with van der Waals surface area (Å²) in [4.78, 5) is 17.4. The van der Waals surface area contributed by atoms with Crippen LogP contribution in [0.4, 0.5) is 5.69 Å². The lowest BCUT2D eigenvalue weighted by Gasteiger charge is -2.41. The van der Waals surface area contributed by atoms with E-state index in [0.717, 1.165) is 11.1 Å². The van der Waals surface area contributed by atoms with Crippen LogP contribution in [-0.4, -0.2) is 45.6 Å². The summed E-state index contributed by atoms with van der Waals surface area (Å²) < 4.78 is 0. The van der Waals surface area contributed by atoms with Crippen LogP contribution in [-0.2, 0) is 0 Å². The van der Waals surface area contributed by atoms with Crippen LogP contribution in [0.1, 0.15) is 23.3 Å². The Morgan fingerprint density at radius 2 is 2.20 bits per heavy atom. The van der Waals surface area contributed by atoms with E-state index in [9.17, 15) is 10.0 Å². The third-order valence-corrected chi connectivity index (χ3v) is 4.56. The molecular weight excluding hydrogens is 320 g/mol. The number of piperidine rings is 1. The van der Waals surface area contributed by atoms with Crippen LogP contribution in [0.3, 0.4) is 0 Å². The maximum Gasteiger partial charge on any atom is 0.354 e. The Balaban J connectivity index is 1.95. The van der Waals surface area contributed by atoms with Crippen molar-refractivity contribution in [3.05, 3.63) is 48.7 Å². The van der Waals surface area contributed by atoms with E-state index in [1.54, 1.807) is 12.1 Å². The quantitative estimate of drug-likeness (QED) is 0.447. The topological polar surface area (TPSA) is 112 Å². The zero-order valence-corrected chi connectivity index (χ0v) is 13.7. The van der Waals surface area contributed by atoms with Gasteiger partial charge in [0.05, 0.1) is 16.8 Å². The van der Waals surface area contributed by atoms with Gasteiger partial charge in [0, 0.05) is 30.6 Å². The zero-order chi connectivity index (χ0) is 18.0. The predicted octanol–water partition coefficient (Wildman–Crippen LogP) is 2.25. The van der Waals surface area contributed by atoms with E-state index in [4.69, 9.17) is 10.8 Å². The van der Waals surface area contributed by atoms with Crippen LogP contribution in [0.15, 0.2) is 48.1 Å². The van der Waals surface area contributed by atoms with Crippen LogP contribution in [0.5, 0.6) is 0 Å². The highest BCUT2D eigenvalue weighted by molar-refractivity contribution is 5.96. The second-order valence-electron chi connectivity index (χ2n) is 6.25. The molecule has 25 heavy (non-hydrogen) atoms. The molecule has 4 N–H and O–H groups in total. The van der Waals surface area contributed by atoms with Gasteiger partial charge in [-0.2, -0.15) is 0 Å². The molecule has 1 fully saturated rings. The largest absolute Gasteiger partial charge is 0.477 e. The summed E-state index contributed by atoms with van der Waals surface area (Å²) in [5.74, 6) is -1.05. The van der Waals surface area contributed by atoms with E-state index in [-0.39, 0.29) is 5.69 Å². The SMILES string of the molecule is C=CCC1(N)CN(c2ccc3ccc(C(=O)O)nc3c2)CCC1=NO. The fourth-order valence-corrected chi connectivity index (χ4v) is 3.23. The summed E-state index contributed by atoms with van der Waals surface area (Å²) in [6.07, 6.45) is 2.76. The number of carboxylic acids is 1. The molecule has 1 aliphatic heterocycles. The number of nitrogens with two attached hydrogens (primary N) is 1. The number of pyridine rings is 1. The predicted molar refractivity (Wildman–Crippen MR) is 96.5 cm³/mol. The van der Waals surface area contributed by atoms with Crippen molar-refractivity contribution in [2.75, 3.05) is 18.0 Å². The lowest BCUT2D eigenvalue weighted by molar-refractivity contribution is 0.0691. The first-order valence-corrected chi connectivity index (χ1v) is 7.97. The molecule has 2 heterocycles. The Labute approximate surface area is 145 Å². The molecule has 130 valence electrons.